The molecule has 1 aliphatic heterocycles. The molecule has 1 aliphatic rings. The zero-order valence-electron chi connectivity index (χ0n) is 18.3. The largest absolute Gasteiger partial charge is 0.367 e. The summed E-state index contributed by atoms with van der Waals surface area (Å²) < 4.78 is 3.96. The number of hydrogen-bond acceptors (Lipinski definition) is 6. The molecule has 0 amide bonds. The number of imidazole rings is 1. The van der Waals surface area contributed by atoms with E-state index in [-0.39, 0.29) is 5.41 Å². The predicted molar refractivity (Wildman–Crippen MR) is 119 cm³/mol. The highest BCUT2D eigenvalue weighted by Gasteiger charge is 2.23. The molecule has 0 unspecified atom stereocenters. The average molecular weight is 405 g/mol. The first-order valence-corrected chi connectivity index (χ1v) is 10.4. The lowest BCUT2D eigenvalue weighted by Crippen LogP contribution is -2.47. The molecule has 0 bridgehead atoms. The number of anilines is 2. The Balaban J connectivity index is 1.37. The number of aryl methyl sites for hydroxylation is 2. The molecule has 0 aliphatic carbocycles. The fourth-order valence-electron chi connectivity index (χ4n) is 4.06. The third-order valence-electron chi connectivity index (χ3n) is 5.83. The van der Waals surface area contributed by atoms with Gasteiger partial charge in [-0.25, -0.2) is 15.0 Å². The fraction of sp³-hybridized carbons (Fsp3) is 0.455. The molecule has 0 atom stereocenters. The number of nitrogens with zero attached hydrogens (tertiary/aromatic N) is 8. The van der Waals surface area contributed by atoms with Gasteiger partial charge >= 0.3 is 0 Å². The van der Waals surface area contributed by atoms with Crippen LogP contribution >= 0.6 is 0 Å². The van der Waals surface area contributed by atoms with Crippen molar-refractivity contribution in [2.75, 3.05) is 36.0 Å². The highest BCUT2D eigenvalue weighted by molar-refractivity contribution is 5.87. The number of aromatic nitrogens is 6. The van der Waals surface area contributed by atoms with Gasteiger partial charge in [-0.3, -0.25) is 4.68 Å². The molecule has 8 heteroatoms. The van der Waals surface area contributed by atoms with Crippen molar-refractivity contribution >= 4 is 28.2 Å². The molecule has 30 heavy (non-hydrogen) atoms. The Hall–Kier alpha value is -3.16. The first-order valence-electron chi connectivity index (χ1n) is 10.4. The van der Waals surface area contributed by atoms with Crippen molar-refractivity contribution in [3.05, 3.63) is 42.2 Å². The van der Waals surface area contributed by atoms with Crippen molar-refractivity contribution in [2.24, 2.45) is 7.05 Å². The molecule has 5 heterocycles. The second kappa shape index (κ2) is 6.68. The van der Waals surface area contributed by atoms with E-state index in [0.717, 1.165) is 60.2 Å². The van der Waals surface area contributed by atoms with Gasteiger partial charge in [-0.1, -0.05) is 20.8 Å². The molecule has 0 N–H and O–H groups in total. The summed E-state index contributed by atoms with van der Waals surface area (Å²) in [6, 6.07) is 4.29. The second-order valence-corrected chi connectivity index (χ2v) is 9.10. The first kappa shape index (κ1) is 18.8. The molecule has 0 spiro atoms. The van der Waals surface area contributed by atoms with E-state index < -0.39 is 0 Å². The van der Waals surface area contributed by atoms with E-state index >= 15 is 0 Å². The maximum absolute atomic E-state index is 4.78. The van der Waals surface area contributed by atoms with Gasteiger partial charge in [0.25, 0.3) is 0 Å². The molecule has 0 aromatic carbocycles. The Morgan fingerprint density at radius 2 is 1.63 bits per heavy atom. The standard InChI is InChI=1S/C22H28N8/c1-15-24-20-17(12-23-27(20)5)21(25-15)29-10-8-28(9-11-29)16-6-7-19-26-18(22(2,3)4)14-30(19)13-16/h6-7,12-14H,8-11H2,1-5H3. The van der Waals surface area contributed by atoms with Gasteiger partial charge in [0.2, 0.25) is 0 Å². The quantitative estimate of drug-likeness (QED) is 0.512. The molecule has 0 saturated carbocycles. The molecule has 0 radical (unpaired) electrons. The molecular weight excluding hydrogens is 376 g/mol. The van der Waals surface area contributed by atoms with Crippen LogP contribution < -0.4 is 9.80 Å². The Morgan fingerprint density at radius 3 is 2.37 bits per heavy atom. The van der Waals surface area contributed by atoms with Crippen molar-refractivity contribution in [3.8, 4) is 0 Å². The number of piperazine rings is 1. The van der Waals surface area contributed by atoms with Gasteiger partial charge in [0.05, 0.1) is 23.0 Å². The van der Waals surface area contributed by atoms with E-state index in [1.807, 2.05) is 24.9 Å². The predicted octanol–water partition coefficient (Wildman–Crippen LogP) is 2.94. The minimum Gasteiger partial charge on any atom is -0.367 e. The van der Waals surface area contributed by atoms with Gasteiger partial charge in [-0.2, -0.15) is 5.10 Å². The van der Waals surface area contributed by atoms with Gasteiger partial charge in [0.15, 0.2) is 5.65 Å². The van der Waals surface area contributed by atoms with E-state index in [1.165, 1.54) is 5.69 Å². The highest BCUT2D eigenvalue weighted by Crippen LogP contribution is 2.27. The fourth-order valence-corrected chi connectivity index (χ4v) is 4.06. The normalized spacial score (nSPS) is 15.5. The minimum absolute atomic E-state index is 0.0467. The third kappa shape index (κ3) is 3.16. The maximum atomic E-state index is 4.78. The molecule has 1 fully saturated rings. The van der Waals surface area contributed by atoms with Crippen LogP contribution in [0.2, 0.25) is 0 Å². The topological polar surface area (TPSA) is 67.4 Å². The summed E-state index contributed by atoms with van der Waals surface area (Å²) in [6.07, 6.45) is 6.22. The Labute approximate surface area is 176 Å². The average Bonchev–Trinajstić information content (AvgIpc) is 3.31. The summed E-state index contributed by atoms with van der Waals surface area (Å²) in [7, 11) is 1.92. The summed E-state index contributed by atoms with van der Waals surface area (Å²) in [6.45, 7) is 12.2. The zero-order chi connectivity index (χ0) is 21.0. The SMILES string of the molecule is Cc1nc(N2CCN(c3ccc4nc(C(C)(C)C)cn4c3)CC2)c2cnn(C)c2n1. The van der Waals surface area contributed by atoms with Gasteiger partial charge in [-0.15, -0.1) is 0 Å². The smallest absolute Gasteiger partial charge is 0.163 e. The lowest BCUT2D eigenvalue weighted by Gasteiger charge is -2.36. The molecule has 5 rings (SSSR count). The van der Waals surface area contributed by atoms with Crippen molar-refractivity contribution in [3.63, 3.8) is 0 Å². The molecular formula is C22H28N8. The second-order valence-electron chi connectivity index (χ2n) is 9.10. The summed E-state index contributed by atoms with van der Waals surface area (Å²) in [5.41, 5.74) is 4.28. The van der Waals surface area contributed by atoms with Crippen molar-refractivity contribution in [1.29, 1.82) is 0 Å². The third-order valence-corrected chi connectivity index (χ3v) is 5.83. The van der Waals surface area contributed by atoms with Crippen molar-refractivity contribution in [1.82, 2.24) is 29.1 Å². The molecule has 4 aromatic rings. The number of pyridine rings is 1. The summed E-state index contributed by atoms with van der Waals surface area (Å²) in [4.78, 5) is 18.8. The lowest BCUT2D eigenvalue weighted by molar-refractivity contribution is 0.573. The Kier molecular flexibility index (Phi) is 4.20. The van der Waals surface area contributed by atoms with E-state index in [4.69, 9.17) is 9.97 Å². The van der Waals surface area contributed by atoms with Crippen LogP contribution in [0.3, 0.4) is 0 Å². The first-order chi connectivity index (χ1) is 14.3. The minimum atomic E-state index is 0.0467. The monoisotopic (exact) mass is 404 g/mol. The van der Waals surface area contributed by atoms with Crippen LogP contribution in [0.4, 0.5) is 11.5 Å². The molecule has 4 aromatic heterocycles. The maximum Gasteiger partial charge on any atom is 0.163 e. The molecule has 1 saturated heterocycles. The van der Waals surface area contributed by atoms with Gasteiger partial charge < -0.3 is 14.2 Å². The van der Waals surface area contributed by atoms with E-state index in [1.54, 1.807) is 0 Å². The van der Waals surface area contributed by atoms with Gasteiger partial charge in [0.1, 0.15) is 17.3 Å². The number of fused-ring (bicyclic) bond motifs is 2. The van der Waals surface area contributed by atoms with Crippen molar-refractivity contribution < 1.29 is 0 Å². The van der Waals surface area contributed by atoms with Crippen LogP contribution in [-0.4, -0.2) is 55.3 Å². The van der Waals surface area contributed by atoms with Crippen LogP contribution in [0.5, 0.6) is 0 Å². The Bertz CT molecular complexity index is 1220. The van der Waals surface area contributed by atoms with Crippen LogP contribution in [0, 0.1) is 6.92 Å². The van der Waals surface area contributed by atoms with E-state index in [9.17, 15) is 0 Å². The lowest BCUT2D eigenvalue weighted by atomic mass is 9.93. The van der Waals surface area contributed by atoms with Gasteiger partial charge in [-0.05, 0) is 19.1 Å². The highest BCUT2D eigenvalue weighted by atomic mass is 15.3. The van der Waals surface area contributed by atoms with E-state index in [0.29, 0.717) is 0 Å². The summed E-state index contributed by atoms with van der Waals surface area (Å²) >= 11 is 0. The van der Waals surface area contributed by atoms with Crippen LogP contribution in [-0.2, 0) is 12.5 Å². The molecule has 156 valence electrons. The van der Waals surface area contributed by atoms with Crippen molar-refractivity contribution in [2.45, 2.75) is 33.1 Å². The number of rotatable bonds is 2. The molecule has 8 nitrogen and oxygen atoms in total. The zero-order valence-corrected chi connectivity index (χ0v) is 18.3. The van der Waals surface area contributed by atoms with Crippen LogP contribution in [0.15, 0.2) is 30.7 Å². The summed E-state index contributed by atoms with van der Waals surface area (Å²) in [5, 5.41) is 5.39. The Morgan fingerprint density at radius 1 is 0.900 bits per heavy atom. The number of hydrogen-bond donors (Lipinski definition) is 0. The van der Waals surface area contributed by atoms with Gasteiger partial charge in [0, 0.05) is 51.0 Å². The van der Waals surface area contributed by atoms with Crippen LogP contribution in [0.25, 0.3) is 16.7 Å². The van der Waals surface area contributed by atoms with E-state index in [2.05, 4.69) is 69.6 Å². The summed E-state index contributed by atoms with van der Waals surface area (Å²) in [5.74, 6) is 1.77. The van der Waals surface area contributed by atoms with Crippen LogP contribution in [0.1, 0.15) is 32.3 Å².